The summed E-state index contributed by atoms with van der Waals surface area (Å²) in [7, 11) is 0. The summed E-state index contributed by atoms with van der Waals surface area (Å²) in [5.74, 6) is -0.331. The molecule has 1 saturated heterocycles. The summed E-state index contributed by atoms with van der Waals surface area (Å²) in [4.78, 5) is 8.35. The summed E-state index contributed by atoms with van der Waals surface area (Å²) in [5, 5.41) is 17.3. The number of hydrogen-bond donors (Lipinski definition) is 2. The number of aromatic nitrogens is 4. The number of rotatable bonds is 3. The summed E-state index contributed by atoms with van der Waals surface area (Å²) in [6, 6.07) is 5.04. The van der Waals surface area contributed by atoms with Gasteiger partial charge in [0.05, 0.1) is 30.6 Å². The van der Waals surface area contributed by atoms with Crippen LogP contribution in [0.25, 0.3) is 16.9 Å². The minimum Gasteiger partial charge on any atom is -0.389 e. The van der Waals surface area contributed by atoms with Crippen molar-refractivity contribution in [2.24, 2.45) is 0 Å². The van der Waals surface area contributed by atoms with E-state index in [4.69, 9.17) is 16.3 Å². The Balaban J connectivity index is 1.77. The van der Waals surface area contributed by atoms with Crippen molar-refractivity contribution in [1.29, 1.82) is 0 Å². The van der Waals surface area contributed by atoms with Crippen LogP contribution in [0, 0.1) is 5.82 Å². The predicted molar refractivity (Wildman–Crippen MR) is 90.0 cm³/mol. The fraction of sp³-hybridized carbons (Fsp3) is 0.312. The second kappa shape index (κ2) is 6.55. The van der Waals surface area contributed by atoms with Crippen molar-refractivity contribution in [1.82, 2.24) is 19.6 Å². The number of fused-ring (bicyclic) bond motifs is 1. The van der Waals surface area contributed by atoms with Gasteiger partial charge in [-0.1, -0.05) is 17.7 Å². The Morgan fingerprint density at radius 2 is 2.24 bits per heavy atom. The summed E-state index contributed by atoms with van der Waals surface area (Å²) in [6.45, 7) is 0.795. The Kier molecular flexibility index (Phi) is 4.24. The molecule has 130 valence electrons. The van der Waals surface area contributed by atoms with Gasteiger partial charge in [-0.25, -0.2) is 13.9 Å². The Bertz CT molecular complexity index is 904. The molecule has 1 aliphatic rings. The van der Waals surface area contributed by atoms with Crippen LogP contribution < -0.4 is 5.32 Å². The van der Waals surface area contributed by atoms with E-state index >= 15 is 0 Å². The monoisotopic (exact) mass is 363 g/mol. The van der Waals surface area contributed by atoms with Gasteiger partial charge in [0.2, 0.25) is 5.95 Å². The van der Waals surface area contributed by atoms with E-state index in [9.17, 15) is 9.50 Å². The molecule has 0 bridgehead atoms. The topological polar surface area (TPSA) is 84.6 Å². The fourth-order valence-corrected chi connectivity index (χ4v) is 3.10. The summed E-state index contributed by atoms with van der Waals surface area (Å²) >= 11 is 6.16. The van der Waals surface area contributed by atoms with Gasteiger partial charge >= 0.3 is 0 Å². The molecular formula is C16H15ClFN5O2. The molecule has 2 N–H and O–H groups in total. The first-order valence-electron chi connectivity index (χ1n) is 7.81. The first kappa shape index (κ1) is 16.2. The van der Waals surface area contributed by atoms with Crippen molar-refractivity contribution in [3.8, 4) is 11.4 Å². The molecule has 0 saturated carbocycles. The van der Waals surface area contributed by atoms with Crippen molar-refractivity contribution in [2.75, 3.05) is 18.5 Å². The number of halogens is 2. The van der Waals surface area contributed by atoms with Crippen molar-refractivity contribution >= 4 is 23.1 Å². The van der Waals surface area contributed by atoms with Crippen LogP contribution in [-0.2, 0) is 4.74 Å². The van der Waals surface area contributed by atoms with Crippen LogP contribution in [0.1, 0.15) is 6.42 Å². The van der Waals surface area contributed by atoms with Crippen molar-refractivity contribution in [3.63, 3.8) is 0 Å². The number of nitrogens with zero attached hydrogens (tertiary/aromatic N) is 4. The first-order valence-corrected chi connectivity index (χ1v) is 8.19. The molecule has 3 aromatic rings. The molecule has 0 amide bonds. The van der Waals surface area contributed by atoms with E-state index in [-0.39, 0.29) is 29.1 Å². The SMILES string of the molecule is O[C@@H]1COCC[C@H]1Nc1ncc2c(F)c(Cl)c(-c3ccccn3)n2n1. The van der Waals surface area contributed by atoms with E-state index in [1.807, 2.05) is 0 Å². The largest absolute Gasteiger partial charge is 0.389 e. The Morgan fingerprint density at radius 1 is 1.36 bits per heavy atom. The molecule has 2 atom stereocenters. The number of hydrogen-bond acceptors (Lipinski definition) is 6. The minimum atomic E-state index is -0.659. The number of aliphatic hydroxyl groups excluding tert-OH is 1. The number of ether oxygens (including phenoxy) is 1. The molecule has 1 aliphatic heterocycles. The van der Waals surface area contributed by atoms with Crippen molar-refractivity contribution < 1.29 is 14.2 Å². The quantitative estimate of drug-likeness (QED) is 0.741. The number of pyridine rings is 1. The van der Waals surface area contributed by atoms with Gasteiger partial charge < -0.3 is 15.2 Å². The third kappa shape index (κ3) is 2.92. The van der Waals surface area contributed by atoms with Gasteiger partial charge in [-0.3, -0.25) is 4.98 Å². The van der Waals surface area contributed by atoms with Gasteiger partial charge in [0.15, 0.2) is 5.82 Å². The van der Waals surface area contributed by atoms with Gasteiger partial charge in [0.25, 0.3) is 0 Å². The van der Waals surface area contributed by atoms with Crippen LogP contribution in [0.15, 0.2) is 30.6 Å². The molecular weight excluding hydrogens is 349 g/mol. The molecule has 4 heterocycles. The zero-order valence-corrected chi connectivity index (χ0v) is 13.8. The highest BCUT2D eigenvalue weighted by atomic mass is 35.5. The van der Waals surface area contributed by atoms with Gasteiger partial charge in [-0.2, -0.15) is 0 Å². The maximum Gasteiger partial charge on any atom is 0.241 e. The Morgan fingerprint density at radius 3 is 3.00 bits per heavy atom. The van der Waals surface area contributed by atoms with Crippen LogP contribution in [-0.4, -0.2) is 50.0 Å². The molecule has 0 aromatic carbocycles. The van der Waals surface area contributed by atoms with Crippen LogP contribution in [0.3, 0.4) is 0 Å². The maximum absolute atomic E-state index is 14.4. The molecule has 0 spiro atoms. The fourth-order valence-electron chi connectivity index (χ4n) is 2.83. The van der Waals surface area contributed by atoms with E-state index in [1.165, 1.54) is 10.7 Å². The Labute approximate surface area is 147 Å². The molecule has 25 heavy (non-hydrogen) atoms. The van der Waals surface area contributed by atoms with E-state index in [2.05, 4.69) is 20.4 Å². The second-order valence-corrected chi connectivity index (χ2v) is 6.13. The van der Waals surface area contributed by atoms with Gasteiger partial charge in [0.1, 0.15) is 16.2 Å². The number of aliphatic hydroxyl groups is 1. The normalized spacial score (nSPS) is 20.8. The van der Waals surface area contributed by atoms with Crippen LogP contribution >= 0.6 is 11.6 Å². The lowest BCUT2D eigenvalue weighted by Crippen LogP contribution is -2.42. The molecule has 1 fully saturated rings. The van der Waals surface area contributed by atoms with Crippen molar-refractivity contribution in [2.45, 2.75) is 18.6 Å². The third-order valence-electron chi connectivity index (χ3n) is 4.12. The maximum atomic E-state index is 14.4. The van der Waals surface area contributed by atoms with E-state index < -0.39 is 11.9 Å². The lowest BCUT2D eigenvalue weighted by molar-refractivity contribution is -0.0136. The van der Waals surface area contributed by atoms with Gasteiger partial charge in [-0.05, 0) is 18.6 Å². The second-order valence-electron chi connectivity index (χ2n) is 5.75. The standard InChI is InChI=1S/C16H15ClFN5O2/c17-13-14(18)11-7-20-16(21-9-4-6-25-8-12(9)24)22-23(11)15(13)10-3-1-2-5-19-10/h1-3,5,7,9,12,24H,4,6,8H2,(H,21,22)/t9-,12-/m1/s1. The molecule has 3 aromatic heterocycles. The highest BCUT2D eigenvalue weighted by molar-refractivity contribution is 6.33. The number of nitrogens with one attached hydrogen (secondary N) is 1. The van der Waals surface area contributed by atoms with Crippen molar-refractivity contribution in [3.05, 3.63) is 41.4 Å². The summed E-state index contributed by atoms with van der Waals surface area (Å²) < 4.78 is 21.0. The zero-order valence-electron chi connectivity index (χ0n) is 13.1. The minimum absolute atomic E-state index is 0.0590. The molecule has 4 rings (SSSR count). The van der Waals surface area contributed by atoms with E-state index in [0.717, 1.165) is 0 Å². The lowest BCUT2D eigenvalue weighted by Gasteiger charge is -2.28. The summed E-state index contributed by atoms with van der Waals surface area (Å²) in [6.07, 6.45) is 2.92. The average molecular weight is 364 g/mol. The number of anilines is 1. The molecule has 0 radical (unpaired) electrons. The molecule has 0 unspecified atom stereocenters. The molecule has 9 heteroatoms. The third-order valence-corrected chi connectivity index (χ3v) is 4.46. The smallest absolute Gasteiger partial charge is 0.241 e. The van der Waals surface area contributed by atoms with Gasteiger partial charge in [0, 0.05) is 12.8 Å². The Hall–Kier alpha value is -2.29. The van der Waals surface area contributed by atoms with Gasteiger partial charge in [-0.15, -0.1) is 5.10 Å². The average Bonchev–Trinajstić information content (AvgIpc) is 2.88. The van der Waals surface area contributed by atoms with Crippen LogP contribution in [0.5, 0.6) is 0 Å². The molecule has 0 aliphatic carbocycles. The van der Waals surface area contributed by atoms with Crippen LogP contribution in [0.2, 0.25) is 5.02 Å². The highest BCUT2D eigenvalue weighted by Crippen LogP contribution is 2.33. The van der Waals surface area contributed by atoms with E-state index in [1.54, 1.807) is 24.4 Å². The highest BCUT2D eigenvalue weighted by Gasteiger charge is 2.25. The lowest BCUT2D eigenvalue weighted by atomic mass is 10.1. The first-order chi connectivity index (χ1) is 12.1. The summed E-state index contributed by atoms with van der Waals surface area (Å²) in [5.41, 5.74) is 1.01. The molecule has 7 nitrogen and oxygen atoms in total. The van der Waals surface area contributed by atoms with E-state index in [0.29, 0.717) is 24.4 Å². The zero-order chi connectivity index (χ0) is 17.4. The predicted octanol–water partition coefficient (Wildman–Crippen LogP) is 2.15. The van der Waals surface area contributed by atoms with Crippen LogP contribution in [0.4, 0.5) is 10.3 Å².